The van der Waals surface area contributed by atoms with Gasteiger partial charge in [0.15, 0.2) is 0 Å². The molecule has 1 atom stereocenters. The summed E-state index contributed by atoms with van der Waals surface area (Å²) < 4.78 is 26.5. The average molecular weight is 255 g/mol. The first-order valence-electron chi connectivity index (χ1n) is 5.41. The maximum atomic E-state index is 13.5. The molecule has 6 heteroatoms. The summed E-state index contributed by atoms with van der Waals surface area (Å²) in [6.45, 7) is -0.438. The molecule has 96 valence electrons. The zero-order valence-electron chi connectivity index (χ0n) is 9.40. The molecule has 2 rings (SSSR count). The zero-order valence-corrected chi connectivity index (χ0v) is 9.40. The normalized spacial score (nSPS) is 17.3. The maximum absolute atomic E-state index is 13.5. The molecule has 0 saturated heterocycles. The van der Waals surface area contributed by atoms with Crippen molar-refractivity contribution in [1.29, 1.82) is 0 Å². The minimum Gasteiger partial charge on any atom is -0.480 e. The van der Waals surface area contributed by atoms with Crippen LogP contribution in [0.25, 0.3) is 0 Å². The van der Waals surface area contributed by atoms with Crippen molar-refractivity contribution in [3.8, 4) is 0 Å². The lowest BCUT2D eigenvalue weighted by molar-refractivity contribution is -0.141. The second-order valence-corrected chi connectivity index (χ2v) is 4.26. The van der Waals surface area contributed by atoms with Crippen molar-refractivity contribution in [3.05, 3.63) is 34.9 Å². The minimum absolute atomic E-state index is 0.216. The van der Waals surface area contributed by atoms with Crippen molar-refractivity contribution in [2.24, 2.45) is 0 Å². The molecule has 0 spiro atoms. The number of halogens is 2. The number of carboxylic acids is 1. The molecule has 0 fully saturated rings. The lowest BCUT2D eigenvalue weighted by Gasteiger charge is -2.22. The molecule has 1 aliphatic carbocycles. The average Bonchev–Trinajstić information content (AvgIpc) is 2.69. The summed E-state index contributed by atoms with van der Waals surface area (Å²) in [6, 6.07) is 1.59. The lowest BCUT2D eigenvalue weighted by Crippen LogP contribution is -2.38. The van der Waals surface area contributed by atoms with Crippen molar-refractivity contribution < 1.29 is 23.5 Å². The van der Waals surface area contributed by atoms with E-state index in [2.05, 4.69) is 0 Å². The summed E-state index contributed by atoms with van der Waals surface area (Å²) in [4.78, 5) is 22.5. The predicted octanol–water partition coefficient (Wildman–Crippen LogP) is 0.975. The first-order valence-corrected chi connectivity index (χ1v) is 5.41. The molecule has 1 aromatic carbocycles. The van der Waals surface area contributed by atoms with Gasteiger partial charge in [-0.05, 0) is 30.0 Å². The van der Waals surface area contributed by atoms with E-state index in [1.807, 2.05) is 0 Å². The van der Waals surface area contributed by atoms with Gasteiger partial charge in [0.25, 0.3) is 0 Å². The highest BCUT2D eigenvalue weighted by Gasteiger charge is 2.29. The Morgan fingerprint density at radius 1 is 1.44 bits per heavy atom. The van der Waals surface area contributed by atoms with Crippen molar-refractivity contribution in [2.45, 2.75) is 18.9 Å². The number of hydrogen-bond donors (Lipinski definition) is 1. The van der Waals surface area contributed by atoms with Crippen molar-refractivity contribution in [1.82, 2.24) is 4.90 Å². The van der Waals surface area contributed by atoms with Crippen LogP contribution in [0.1, 0.15) is 11.1 Å². The summed E-state index contributed by atoms with van der Waals surface area (Å²) in [5.41, 5.74) is 0.855. The molecular weight excluding hydrogens is 244 g/mol. The van der Waals surface area contributed by atoms with Gasteiger partial charge in [-0.1, -0.05) is 0 Å². The number of rotatable bonds is 4. The number of carbonyl (C=O) groups is 2. The second kappa shape index (κ2) is 4.72. The topological polar surface area (TPSA) is 57.6 Å². The molecule has 0 bridgehead atoms. The third-order valence-electron chi connectivity index (χ3n) is 3.07. The van der Waals surface area contributed by atoms with Crippen molar-refractivity contribution >= 4 is 12.4 Å². The number of fused-ring (bicyclic) bond motifs is 1. The SMILES string of the molecule is O=CN(CC(=O)O)C1Cc2cc(F)cc(F)c2C1. The third kappa shape index (κ3) is 2.32. The van der Waals surface area contributed by atoms with Crippen LogP contribution in [-0.2, 0) is 22.4 Å². The van der Waals surface area contributed by atoms with Gasteiger partial charge in [-0.25, -0.2) is 8.78 Å². The Balaban J connectivity index is 2.20. The molecule has 1 amide bonds. The summed E-state index contributed by atoms with van der Waals surface area (Å²) in [5.74, 6) is -2.44. The Labute approximate surface area is 102 Å². The Bertz CT molecular complexity index is 504. The highest BCUT2D eigenvalue weighted by molar-refractivity contribution is 5.72. The molecule has 1 N–H and O–H groups in total. The van der Waals surface area contributed by atoms with Gasteiger partial charge < -0.3 is 10.0 Å². The number of hydrogen-bond acceptors (Lipinski definition) is 2. The molecule has 0 aromatic heterocycles. The Kier molecular flexibility index (Phi) is 3.27. The first-order chi connectivity index (χ1) is 8.51. The first kappa shape index (κ1) is 12.5. The van der Waals surface area contributed by atoms with E-state index in [1.54, 1.807) is 0 Å². The van der Waals surface area contributed by atoms with Gasteiger partial charge in [-0.15, -0.1) is 0 Å². The number of carboxylic acid groups (broad SMARTS) is 1. The van der Waals surface area contributed by atoms with Gasteiger partial charge in [0.05, 0.1) is 0 Å². The van der Waals surface area contributed by atoms with Crippen LogP contribution < -0.4 is 0 Å². The van der Waals surface area contributed by atoms with Gasteiger partial charge in [0, 0.05) is 12.1 Å². The van der Waals surface area contributed by atoms with Crippen LogP contribution in [0.5, 0.6) is 0 Å². The van der Waals surface area contributed by atoms with Crippen LogP contribution >= 0.6 is 0 Å². The van der Waals surface area contributed by atoms with E-state index >= 15 is 0 Å². The highest BCUT2D eigenvalue weighted by atomic mass is 19.1. The molecule has 0 heterocycles. The minimum atomic E-state index is -1.13. The van der Waals surface area contributed by atoms with Crippen LogP contribution in [0.2, 0.25) is 0 Å². The second-order valence-electron chi connectivity index (χ2n) is 4.26. The third-order valence-corrected chi connectivity index (χ3v) is 3.07. The molecule has 0 saturated carbocycles. The molecule has 1 aliphatic rings. The quantitative estimate of drug-likeness (QED) is 0.816. The van der Waals surface area contributed by atoms with Gasteiger partial charge in [-0.2, -0.15) is 0 Å². The number of benzene rings is 1. The molecule has 4 nitrogen and oxygen atoms in total. The van der Waals surface area contributed by atoms with E-state index in [0.717, 1.165) is 11.0 Å². The molecule has 1 unspecified atom stereocenters. The number of nitrogens with zero attached hydrogens (tertiary/aromatic N) is 1. The van der Waals surface area contributed by atoms with E-state index in [4.69, 9.17) is 5.11 Å². The summed E-state index contributed by atoms with van der Waals surface area (Å²) >= 11 is 0. The maximum Gasteiger partial charge on any atom is 0.323 e. The molecule has 1 aromatic rings. The van der Waals surface area contributed by atoms with Gasteiger partial charge in [0.2, 0.25) is 6.41 Å². The zero-order chi connectivity index (χ0) is 13.3. The standard InChI is InChI=1S/C12H11F2NO3/c13-8-1-7-2-9(4-10(7)11(14)3-8)15(6-16)5-12(17)18/h1,3,6,9H,2,4-5H2,(H,17,18). The summed E-state index contributed by atoms with van der Waals surface area (Å²) in [6.07, 6.45) is 0.919. The van der Waals surface area contributed by atoms with Crippen LogP contribution in [0.3, 0.4) is 0 Å². The Hall–Kier alpha value is -1.98. The molecule has 0 radical (unpaired) electrons. The summed E-state index contributed by atoms with van der Waals surface area (Å²) in [5, 5.41) is 8.66. The van der Waals surface area contributed by atoms with E-state index in [1.165, 1.54) is 6.07 Å². The van der Waals surface area contributed by atoms with Gasteiger partial charge in [0.1, 0.15) is 18.2 Å². The fourth-order valence-corrected chi connectivity index (χ4v) is 2.27. The van der Waals surface area contributed by atoms with E-state index in [0.29, 0.717) is 17.5 Å². The Morgan fingerprint density at radius 2 is 2.17 bits per heavy atom. The monoisotopic (exact) mass is 255 g/mol. The number of aliphatic carboxylic acids is 1. The highest BCUT2D eigenvalue weighted by Crippen LogP contribution is 2.28. The van der Waals surface area contributed by atoms with Crippen molar-refractivity contribution in [2.75, 3.05) is 6.54 Å². The van der Waals surface area contributed by atoms with Gasteiger partial charge in [-0.3, -0.25) is 9.59 Å². The van der Waals surface area contributed by atoms with Gasteiger partial charge >= 0.3 is 5.97 Å². The van der Waals surface area contributed by atoms with E-state index in [-0.39, 0.29) is 12.8 Å². The molecule has 18 heavy (non-hydrogen) atoms. The Morgan fingerprint density at radius 3 is 2.78 bits per heavy atom. The van der Waals surface area contributed by atoms with E-state index in [9.17, 15) is 18.4 Å². The smallest absolute Gasteiger partial charge is 0.323 e. The number of amides is 1. The van der Waals surface area contributed by atoms with Crippen LogP contribution in [-0.4, -0.2) is 35.0 Å². The number of carbonyl (C=O) groups excluding carboxylic acids is 1. The fraction of sp³-hybridized carbons (Fsp3) is 0.333. The van der Waals surface area contributed by atoms with Crippen LogP contribution in [0.15, 0.2) is 12.1 Å². The van der Waals surface area contributed by atoms with Crippen molar-refractivity contribution in [3.63, 3.8) is 0 Å². The lowest BCUT2D eigenvalue weighted by atomic mass is 10.1. The predicted molar refractivity (Wildman–Crippen MR) is 58.0 cm³/mol. The molecular formula is C12H11F2NO3. The van der Waals surface area contributed by atoms with E-state index < -0.39 is 30.2 Å². The summed E-state index contributed by atoms with van der Waals surface area (Å²) in [7, 11) is 0. The van der Waals surface area contributed by atoms with Crippen LogP contribution in [0.4, 0.5) is 8.78 Å². The largest absolute Gasteiger partial charge is 0.480 e. The van der Waals surface area contributed by atoms with Crippen LogP contribution in [0, 0.1) is 11.6 Å². The molecule has 0 aliphatic heterocycles. The fourth-order valence-electron chi connectivity index (χ4n) is 2.27.